The lowest BCUT2D eigenvalue weighted by Crippen LogP contribution is -2.62. The lowest BCUT2D eigenvalue weighted by Gasteiger charge is -2.42. The number of methoxy groups -OCH3 is 1. The van der Waals surface area contributed by atoms with E-state index in [-0.39, 0.29) is 22.6 Å². The van der Waals surface area contributed by atoms with E-state index in [4.69, 9.17) is 16.3 Å². The van der Waals surface area contributed by atoms with Gasteiger partial charge in [0.25, 0.3) is 5.56 Å². The van der Waals surface area contributed by atoms with Crippen molar-refractivity contribution < 1.29 is 9.53 Å². The summed E-state index contributed by atoms with van der Waals surface area (Å²) in [7, 11) is 5.13. The maximum atomic E-state index is 12.5. The molecule has 3 rings (SSSR count). The lowest BCUT2D eigenvalue weighted by molar-refractivity contribution is 0.0149. The predicted octanol–water partition coefficient (Wildman–Crippen LogP) is 4.14. The Morgan fingerprint density at radius 3 is 2.56 bits per heavy atom. The number of halogens is 2. The van der Waals surface area contributed by atoms with Crippen molar-refractivity contribution in [2.45, 2.75) is 19.5 Å². The zero-order chi connectivity index (χ0) is 25.0. The number of hydrogen-bond donors (Lipinski definition) is 1. The normalized spacial score (nSPS) is 13.9. The minimum Gasteiger partial charge on any atom is -0.333 e. The second-order valence-corrected chi connectivity index (χ2v) is 9.08. The molecule has 8 nitrogen and oxygen atoms in total. The molecule has 3 aromatic rings. The first-order valence-corrected chi connectivity index (χ1v) is 11.7. The molecule has 34 heavy (non-hydrogen) atoms. The molecule has 0 aliphatic heterocycles. The van der Waals surface area contributed by atoms with Crippen molar-refractivity contribution in [3.63, 3.8) is 0 Å². The summed E-state index contributed by atoms with van der Waals surface area (Å²) < 4.78 is 9.71. The fourth-order valence-corrected chi connectivity index (χ4v) is 4.95. The van der Waals surface area contributed by atoms with Crippen molar-refractivity contribution in [2.75, 3.05) is 20.9 Å². The third-order valence-electron chi connectivity index (χ3n) is 5.84. The number of imidazole rings is 1. The molecule has 2 aromatic heterocycles. The molecule has 0 saturated carbocycles. The maximum Gasteiger partial charge on any atom is 0.253 e. The maximum absolute atomic E-state index is 12.5. The van der Waals surface area contributed by atoms with Crippen LogP contribution in [0.1, 0.15) is 33.4 Å². The number of aromatic nitrogens is 3. The Kier molecular flexibility index (Phi) is 8.27. The van der Waals surface area contributed by atoms with Crippen LogP contribution in [0.2, 0.25) is 5.02 Å². The van der Waals surface area contributed by atoms with Crippen molar-refractivity contribution in [1.29, 1.82) is 0 Å². The molecule has 0 bridgehead atoms. The van der Waals surface area contributed by atoms with Crippen molar-refractivity contribution in [1.82, 2.24) is 24.1 Å². The number of benzene rings is 1. The number of carbonyl (C=O) groups excluding carboxylic acids is 1. The Labute approximate surface area is 212 Å². The number of rotatable bonds is 10. The van der Waals surface area contributed by atoms with E-state index < -0.39 is 6.04 Å². The number of aryl methyl sites for hydroxylation is 2. The number of nitrogens with zero attached hydrogens (tertiary/aromatic N) is 4. The summed E-state index contributed by atoms with van der Waals surface area (Å²) in [5.74, 6) is 0. The van der Waals surface area contributed by atoms with Crippen LogP contribution >= 0.6 is 27.5 Å². The standard InChI is InChI=1S/C24H28BrClN5O3/c1-6-11-30-21(20(14-32)28-24(30)25)22(17-7-9-18(26)10-8-17)31(27-3,15-34-5)19-12-16(2)23(33)29(4)13-19/h6-10,12-14,22,27H,1,11,15H2,2-5H3/q+1. The highest BCUT2D eigenvalue weighted by atomic mass is 79.9. The van der Waals surface area contributed by atoms with Crippen LogP contribution in [0.4, 0.5) is 5.69 Å². The van der Waals surface area contributed by atoms with Crippen LogP contribution in [0.3, 0.4) is 0 Å². The average Bonchev–Trinajstić information content (AvgIpc) is 3.13. The molecule has 0 fully saturated rings. The summed E-state index contributed by atoms with van der Waals surface area (Å²) in [4.78, 5) is 29.2. The van der Waals surface area contributed by atoms with Gasteiger partial charge in [-0.2, -0.15) is 10.0 Å². The third-order valence-corrected chi connectivity index (χ3v) is 6.70. The van der Waals surface area contributed by atoms with Gasteiger partial charge in [0.15, 0.2) is 22.7 Å². The molecule has 2 atom stereocenters. The molecular weight excluding hydrogens is 522 g/mol. The molecule has 2 heterocycles. The third kappa shape index (κ3) is 4.67. The molecule has 0 aliphatic carbocycles. The van der Waals surface area contributed by atoms with Gasteiger partial charge in [-0.25, -0.2) is 4.98 Å². The van der Waals surface area contributed by atoms with Crippen LogP contribution in [-0.4, -0.2) is 41.3 Å². The number of aldehydes is 1. The average molecular weight is 550 g/mol. The Bertz CT molecular complexity index is 1230. The lowest BCUT2D eigenvalue weighted by atomic mass is 9.98. The Morgan fingerprint density at radius 1 is 1.35 bits per heavy atom. The Balaban J connectivity index is 2.48. The van der Waals surface area contributed by atoms with Gasteiger partial charge in [0.2, 0.25) is 6.73 Å². The summed E-state index contributed by atoms with van der Waals surface area (Å²) in [5.41, 5.74) is 6.47. The van der Waals surface area contributed by atoms with E-state index in [2.05, 4.69) is 32.9 Å². The van der Waals surface area contributed by atoms with Crippen LogP contribution in [0.15, 0.2) is 58.7 Å². The summed E-state index contributed by atoms with van der Waals surface area (Å²) >= 11 is 9.71. The molecule has 1 aromatic carbocycles. The summed E-state index contributed by atoms with van der Waals surface area (Å²) in [6, 6.07) is 8.75. The van der Waals surface area contributed by atoms with Crippen molar-refractivity contribution in [3.8, 4) is 0 Å². The SMILES string of the molecule is C=CCn1c(Br)nc(C=O)c1C(c1ccc(Cl)cc1)[N+](COC)(NC)c1cc(C)c(=O)n(C)c1. The highest BCUT2D eigenvalue weighted by molar-refractivity contribution is 9.10. The molecule has 2 unspecified atom stereocenters. The molecule has 1 N–H and O–H groups in total. The van der Waals surface area contributed by atoms with Gasteiger partial charge in [0.1, 0.15) is 11.4 Å². The van der Waals surface area contributed by atoms with E-state index in [9.17, 15) is 9.59 Å². The highest BCUT2D eigenvalue weighted by Crippen LogP contribution is 2.40. The van der Waals surface area contributed by atoms with E-state index in [1.807, 2.05) is 29.8 Å². The largest absolute Gasteiger partial charge is 0.333 e. The van der Waals surface area contributed by atoms with Gasteiger partial charge in [0, 0.05) is 50.0 Å². The molecule has 0 aliphatic rings. The van der Waals surface area contributed by atoms with E-state index in [1.165, 1.54) is 0 Å². The Morgan fingerprint density at radius 2 is 2.03 bits per heavy atom. The molecule has 10 heteroatoms. The monoisotopic (exact) mass is 548 g/mol. The zero-order valence-electron chi connectivity index (χ0n) is 19.6. The molecule has 0 saturated heterocycles. The Hall–Kier alpha value is -2.56. The highest BCUT2D eigenvalue weighted by Gasteiger charge is 2.46. The zero-order valence-corrected chi connectivity index (χ0v) is 21.9. The molecule has 180 valence electrons. The fourth-order valence-electron chi connectivity index (χ4n) is 4.30. The topological polar surface area (TPSA) is 78.2 Å². The summed E-state index contributed by atoms with van der Waals surface area (Å²) in [6.07, 6.45) is 4.26. The van der Waals surface area contributed by atoms with Gasteiger partial charge in [0.05, 0.1) is 6.20 Å². The van der Waals surface area contributed by atoms with E-state index in [0.29, 0.717) is 27.6 Å². The fraction of sp³-hybridized carbons (Fsp3) is 0.292. The molecule has 0 spiro atoms. The number of hydrogen-bond acceptors (Lipinski definition) is 5. The molecular formula is C24H28BrClN5O3+. The summed E-state index contributed by atoms with van der Waals surface area (Å²) in [5, 5.41) is 0.589. The van der Waals surface area contributed by atoms with Crippen LogP contribution in [0.5, 0.6) is 0 Å². The second-order valence-electron chi connectivity index (χ2n) is 7.93. The van der Waals surface area contributed by atoms with Gasteiger partial charge in [-0.3, -0.25) is 9.59 Å². The first-order chi connectivity index (χ1) is 16.2. The van der Waals surface area contributed by atoms with Crippen LogP contribution in [-0.2, 0) is 18.3 Å². The number of nitrogens with one attached hydrogen (secondary N) is 1. The second kappa shape index (κ2) is 10.8. The van der Waals surface area contributed by atoms with Crippen molar-refractivity contribution >= 4 is 39.5 Å². The number of pyridine rings is 1. The first-order valence-electron chi connectivity index (χ1n) is 10.5. The van der Waals surface area contributed by atoms with Gasteiger partial charge in [-0.05, 0) is 35.0 Å². The van der Waals surface area contributed by atoms with Gasteiger partial charge in [-0.1, -0.05) is 29.8 Å². The number of ether oxygens (including phenoxy) is 1. The smallest absolute Gasteiger partial charge is 0.253 e. The van der Waals surface area contributed by atoms with Crippen molar-refractivity contribution in [2.24, 2.45) is 7.05 Å². The minimum absolute atomic E-state index is 0.0310. The van der Waals surface area contributed by atoms with Crippen molar-refractivity contribution in [3.05, 3.63) is 91.8 Å². The van der Waals surface area contributed by atoms with Gasteiger partial charge < -0.3 is 13.9 Å². The van der Waals surface area contributed by atoms with Crippen LogP contribution in [0, 0.1) is 6.92 Å². The molecule has 0 radical (unpaired) electrons. The van der Waals surface area contributed by atoms with Crippen LogP contribution < -0.4 is 15.6 Å². The van der Waals surface area contributed by atoms with E-state index in [1.54, 1.807) is 50.1 Å². The van der Waals surface area contributed by atoms with Crippen LogP contribution in [0.25, 0.3) is 0 Å². The predicted molar refractivity (Wildman–Crippen MR) is 138 cm³/mol. The number of carbonyl (C=O) groups is 1. The van der Waals surface area contributed by atoms with E-state index in [0.717, 1.165) is 17.5 Å². The van der Waals surface area contributed by atoms with E-state index >= 15 is 0 Å². The quantitative estimate of drug-likeness (QED) is 0.135. The minimum atomic E-state index is -0.516. The van der Waals surface area contributed by atoms with Gasteiger partial charge in [-0.15, -0.1) is 6.58 Å². The number of allylic oxidation sites excluding steroid dienone is 1. The molecule has 0 amide bonds. The first kappa shape index (κ1) is 26.1. The number of quaternary nitrogens is 1. The summed E-state index contributed by atoms with van der Waals surface area (Å²) in [6.45, 7) is 6.24. The van der Waals surface area contributed by atoms with Gasteiger partial charge >= 0.3 is 0 Å².